The van der Waals surface area contributed by atoms with E-state index in [0.717, 1.165) is 30.5 Å². The Morgan fingerprint density at radius 2 is 1.86 bits per heavy atom. The molecule has 194 valence electrons. The Morgan fingerprint density at radius 3 is 2.51 bits per heavy atom. The lowest BCUT2D eigenvalue weighted by Crippen LogP contribution is -2.32. The Morgan fingerprint density at radius 1 is 1.14 bits per heavy atom. The number of rotatable bonds is 9. The summed E-state index contributed by atoms with van der Waals surface area (Å²) in [5, 5.41) is 14.2. The van der Waals surface area contributed by atoms with Gasteiger partial charge in [0.15, 0.2) is 23.1 Å². The molecule has 3 N–H and O–H groups in total. The van der Waals surface area contributed by atoms with Gasteiger partial charge >= 0.3 is 0 Å². The van der Waals surface area contributed by atoms with Crippen molar-refractivity contribution in [1.82, 2.24) is 24.8 Å². The van der Waals surface area contributed by atoms with Crippen LogP contribution in [0.3, 0.4) is 0 Å². The normalized spacial score (nSPS) is 17.2. The van der Waals surface area contributed by atoms with Gasteiger partial charge in [-0.3, -0.25) is 10.2 Å². The van der Waals surface area contributed by atoms with E-state index >= 15 is 0 Å². The molecule has 8 nitrogen and oxygen atoms in total. The second kappa shape index (κ2) is 10.8. The van der Waals surface area contributed by atoms with Crippen molar-refractivity contribution >= 4 is 34.8 Å². The molecule has 1 aromatic carbocycles. The van der Waals surface area contributed by atoms with Crippen LogP contribution in [0.5, 0.6) is 0 Å². The van der Waals surface area contributed by atoms with Gasteiger partial charge in [-0.25, -0.2) is 19.3 Å². The van der Waals surface area contributed by atoms with Gasteiger partial charge in [-0.2, -0.15) is 0 Å². The van der Waals surface area contributed by atoms with Gasteiger partial charge in [-0.15, -0.1) is 0 Å². The van der Waals surface area contributed by atoms with E-state index in [1.54, 1.807) is 12.1 Å². The number of amides is 1. The van der Waals surface area contributed by atoms with Crippen molar-refractivity contribution in [3.8, 4) is 0 Å². The second-order valence-corrected chi connectivity index (χ2v) is 10.4. The number of halogens is 1. The molecule has 1 amide bonds. The minimum atomic E-state index is -0.305. The Bertz CT molecular complexity index is 1310. The molecule has 2 aromatic heterocycles. The molecule has 1 atom stereocenters. The summed E-state index contributed by atoms with van der Waals surface area (Å²) in [5.41, 5.74) is 2.68. The molecule has 9 heteroatoms. The lowest BCUT2D eigenvalue weighted by Gasteiger charge is -2.32. The third kappa shape index (κ3) is 5.26. The van der Waals surface area contributed by atoms with Crippen molar-refractivity contribution in [3.63, 3.8) is 0 Å². The SMILES string of the molecule is C=C(c1ccc(F)cc1)c1nc2nc(C(=N)NC=O)nc(N[C@H](C)C3CCC3)c2n1CC1CCCCC1. The first kappa shape index (κ1) is 25.0. The van der Waals surface area contributed by atoms with Crippen molar-refractivity contribution < 1.29 is 9.18 Å². The largest absolute Gasteiger partial charge is 0.365 e. The fourth-order valence-electron chi connectivity index (χ4n) is 5.46. The van der Waals surface area contributed by atoms with E-state index in [-0.39, 0.29) is 23.5 Å². The Hall–Kier alpha value is -3.62. The number of nitrogens with one attached hydrogen (secondary N) is 3. The van der Waals surface area contributed by atoms with Crippen molar-refractivity contribution in [2.45, 2.75) is 70.9 Å². The molecule has 0 unspecified atom stereocenters. The highest BCUT2D eigenvalue weighted by atomic mass is 19.1. The van der Waals surface area contributed by atoms with Crippen LogP contribution in [0.25, 0.3) is 16.7 Å². The summed E-state index contributed by atoms with van der Waals surface area (Å²) in [5.74, 6) is 1.94. The molecule has 0 saturated heterocycles. The summed E-state index contributed by atoms with van der Waals surface area (Å²) >= 11 is 0. The van der Waals surface area contributed by atoms with E-state index in [4.69, 9.17) is 15.4 Å². The number of fused-ring (bicyclic) bond motifs is 1. The van der Waals surface area contributed by atoms with Crippen LogP contribution in [0.4, 0.5) is 10.2 Å². The van der Waals surface area contributed by atoms with Crippen LogP contribution in [0.2, 0.25) is 0 Å². The molecule has 0 radical (unpaired) electrons. The van der Waals surface area contributed by atoms with Gasteiger partial charge < -0.3 is 15.2 Å². The third-order valence-corrected chi connectivity index (χ3v) is 7.88. The quantitative estimate of drug-likeness (QED) is 0.209. The van der Waals surface area contributed by atoms with Gasteiger partial charge in [0.05, 0.1) is 0 Å². The number of hydrogen-bond acceptors (Lipinski definition) is 6. The minimum absolute atomic E-state index is 0.101. The number of carbonyl (C=O) groups excluding carboxylic acids is 1. The summed E-state index contributed by atoms with van der Waals surface area (Å²) < 4.78 is 15.8. The highest BCUT2D eigenvalue weighted by molar-refractivity contribution is 6.01. The molecular weight excluding hydrogens is 469 g/mol. The van der Waals surface area contributed by atoms with Crippen LogP contribution in [-0.4, -0.2) is 37.8 Å². The van der Waals surface area contributed by atoms with Gasteiger partial charge in [-0.05, 0) is 62.1 Å². The predicted octanol–water partition coefficient (Wildman–Crippen LogP) is 5.28. The summed E-state index contributed by atoms with van der Waals surface area (Å²) in [6.45, 7) is 7.24. The lowest BCUT2D eigenvalue weighted by atomic mass is 9.80. The van der Waals surface area contributed by atoms with E-state index in [1.165, 1.54) is 50.7 Å². The van der Waals surface area contributed by atoms with Crippen molar-refractivity contribution in [3.05, 3.63) is 53.9 Å². The molecular formula is C28H34FN7O. The van der Waals surface area contributed by atoms with E-state index in [2.05, 4.69) is 33.7 Å². The first-order valence-corrected chi connectivity index (χ1v) is 13.2. The predicted molar refractivity (Wildman–Crippen MR) is 143 cm³/mol. The summed E-state index contributed by atoms with van der Waals surface area (Å²) in [6.07, 6.45) is 10.0. The number of amidine groups is 1. The van der Waals surface area contributed by atoms with Crippen molar-refractivity contribution in [2.24, 2.45) is 11.8 Å². The second-order valence-electron chi connectivity index (χ2n) is 10.4. The average Bonchev–Trinajstić information content (AvgIpc) is 3.22. The summed E-state index contributed by atoms with van der Waals surface area (Å²) in [6, 6.07) is 6.45. The number of benzene rings is 1. The van der Waals surface area contributed by atoms with Gasteiger partial charge in [0.2, 0.25) is 6.41 Å². The molecule has 0 bridgehead atoms. The molecule has 2 aliphatic rings. The lowest BCUT2D eigenvalue weighted by molar-refractivity contribution is -0.108. The Kier molecular flexibility index (Phi) is 7.30. The number of anilines is 1. The van der Waals surface area contributed by atoms with Crippen LogP contribution in [-0.2, 0) is 11.3 Å². The number of hydrogen-bond donors (Lipinski definition) is 3. The maximum Gasteiger partial charge on any atom is 0.212 e. The Balaban J connectivity index is 1.65. The minimum Gasteiger partial charge on any atom is -0.365 e. The molecule has 2 fully saturated rings. The number of aromatic nitrogens is 4. The highest BCUT2D eigenvalue weighted by Gasteiger charge is 2.28. The van der Waals surface area contributed by atoms with Crippen molar-refractivity contribution in [2.75, 3.05) is 5.32 Å². The van der Waals surface area contributed by atoms with E-state index in [1.807, 2.05) is 0 Å². The van der Waals surface area contributed by atoms with Crippen LogP contribution in [0.1, 0.15) is 75.5 Å². The fourth-order valence-corrected chi connectivity index (χ4v) is 5.46. The van der Waals surface area contributed by atoms with E-state index in [9.17, 15) is 9.18 Å². The molecule has 0 aliphatic heterocycles. The Labute approximate surface area is 216 Å². The maximum atomic E-state index is 13.6. The summed E-state index contributed by atoms with van der Waals surface area (Å²) in [4.78, 5) is 25.2. The van der Waals surface area contributed by atoms with Gasteiger partial charge in [0.25, 0.3) is 0 Å². The number of carbonyl (C=O) groups is 1. The summed E-state index contributed by atoms with van der Waals surface area (Å²) in [7, 11) is 0. The molecule has 37 heavy (non-hydrogen) atoms. The molecule has 5 rings (SSSR count). The van der Waals surface area contributed by atoms with Crippen LogP contribution in [0, 0.1) is 23.1 Å². The van der Waals surface area contributed by atoms with Gasteiger partial charge in [0.1, 0.15) is 17.2 Å². The first-order valence-electron chi connectivity index (χ1n) is 13.2. The average molecular weight is 504 g/mol. The number of nitrogens with zero attached hydrogens (tertiary/aromatic N) is 4. The zero-order valence-electron chi connectivity index (χ0n) is 21.3. The highest BCUT2D eigenvalue weighted by Crippen LogP contribution is 2.35. The molecule has 0 spiro atoms. The zero-order chi connectivity index (χ0) is 25.9. The monoisotopic (exact) mass is 503 g/mol. The maximum absolute atomic E-state index is 13.6. The van der Waals surface area contributed by atoms with Crippen LogP contribution < -0.4 is 10.6 Å². The smallest absolute Gasteiger partial charge is 0.212 e. The first-order chi connectivity index (χ1) is 17.9. The number of imidazole rings is 1. The molecule has 2 saturated carbocycles. The van der Waals surface area contributed by atoms with Crippen LogP contribution >= 0.6 is 0 Å². The van der Waals surface area contributed by atoms with Gasteiger partial charge in [0, 0.05) is 18.2 Å². The van der Waals surface area contributed by atoms with E-state index in [0.29, 0.717) is 41.1 Å². The molecule has 3 aromatic rings. The zero-order valence-corrected chi connectivity index (χ0v) is 21.3. The van der Waals surface area contributed by atoms with Crippen LogP contribution in [0.15, 0.2) is 30.8 Å². The molecule has 2 heterocycles. The fraction of sp³-hybridized carbons (Fsp3) is 0.464. The van der Waals surface area contributed by atoms with Gasteiger partial charge in [-0.1, -0.05) is 44.4 Å². The standard InChI is InChI=1S/C28H34FN7O/c1-17(20-11-13-22(29)14-12-20)28-35-26-23(36(28)15-19-7-4-3-5-8-19)25(32-18(2)21-9-6-10-21)33-27(34-26)24(30)31-16-37/h11-14,16,18-19,21H,1,3-10,15H2,2H3,(H2,30,31,37)(H,32,33,34)/t18-/m1/s1. The van der Waals surface area contributed by atoms with Crippen molar-refractivity contribution in [1.29, 1.82) is 5.41 Å². The van der Waals surface area contributed by atoms with E-state index < -0.39 is 0 Å². The topological polar surface area (TPSA) is 109 Å². The third-order valence-electron chi connectivity index (χ3n) is 7.88. The molecule has 2 aliphatic carbocycles.